The van der Waals surface area contributed by atoms with Gasteiger partial charge in [-0.25, -0.2) is 0 Å². The molecule has 0 spiro atoms. The number of hydrogen-bond donors (Lipinski definition) is 1. The summed E-state index contributed by atoms with van der Waals surface area (Å²) in [7, 11) is 0. The molecular weight excluding hydrogens is 188 g/mol. The fourth-order valence-corrected chi connectivity index (χ4v) is 0.984. The quantitative estimate of drug-likeness (QED) is 0.783. The maximum absolute atomic E-state index is 11.1. The van der Waals surface area contributed by atoms with Crippen molar-refractivity contribution in [3.8, 4) is 0 Å². The maximum atomic E-state index is 11.1. The number of amides is 1. The van der Waals surface area contributed by atoms with E-state index in [0.29, 0.717) is 10.7 Å². The zero-order chi connectivity index (χ0) is 10.1. The minimum absolute atomic E-state index is 0.401. The Labute approximate surface area is 81.9 Å². The van der Waals surface area contributed by atoms with Crippen molar-refractivity contribution in [2.24, 2.45) is 5.73 Å². The van der Waals surface area contributed by atoms with Crippen molar-refractivity contribution in [2.75, 3.05) is 0 Å². The molecular formula is C9H11ClN2O. The standard InChI is InChI=1S/C9H11ClN2O/c1-9(2,8(11)13)7-4-3-6(10)5-12-7/h3-5H,1-2H3,(H2,11,13). The third-order valence-corrected chi connectivity index (χ3v) is 2.21. The van der Waals surface area contributed by atoms with Gasteiger partial charge in [-0.15, -0.1) is 0 Å². The number of pyridine rings is 1. The first-order chi connectivity index (χ1) is 5.94. The lowest BCUT2D eigenvalue weighted by molar-refractivity contribution is -0.122. The molecule has 0 atom stereocenters. The van der Waals surface area contributed by atoms with Crippen LogP contribution in [0.2, 0.25) is 5.02 Å². The van der Waals surface area contributed by atoms with Crippen LogP contribution in [0.3, 0.4) is 0 Å². The van der Waals surface area contributed by atoms with Crippen molar-refractivity contribution in [1.82, 2.24) is 4.98 Å². The Bertz CT molecular complexity index is 319. The fourth-order valence-electron chi connectivity index (χ4n) is 0.872. The van der Waals surface area contributed by atoms with Crippen molar-refractivity contribution in [3.63, 3.8) is 0 Å². The van der Waals surface area contributed by atoms with E-state index in [-0.39, 0.29) is 0 Å². The largest absolute Gasteiger partial charge is 0.369 e. The van der Waals surface area contributed by atoms with Gasteiger partial charge in [-0.3, -0.25) is 9.78 Å². The summed E-state index contributed by atoms with van der Waals surface area (Å²) in [5, 5.41) is 0.545. The summed E-state index contributed by atoms with van der Waals surface area (Å²) >= 11 is 5.66. The smallest absolute Gasteiger partial charge is 0.229 e. The summed E-state index contributed by atoms with van der Waals surface area (Å²) in [5.74, 6) is -0.401. The lowest BCUT2D eigenvalue weighted by Gasteiger charge is -2.19. The Morgan fingerprint density at radius 3 is 2.54 bits per heavy atom. The molecule has 70 valence electrons. The average Bonchev–Trinajstić information content (AvgIpc) is 2.04. The molecule has 0 aliphatic rings. The Morgan fingerprint density at radius 1 is 1.54 bits per heavy atom. The first-order valence-corrected chi connectivity index (χ1v) is 4.24. The Morgan fingerprint density at radius 2 is 2.15 bits per heavy atom. The van der Waals surface area contributed by atoms with Gasteiger partial charge in [0.15, 0.2) is 0 Å². The van der Waals surface area contributed by atoms with Crippen LogP contribution in [0.1, 0.15) is 19.5 Å². The second kappa shape index (κ2) is 3.34. The van der Waals surface area contributed by atoms with Gasteiger partial charge in [0.2, 0.25) is 5.91 Å². The van der Waals surface area contributed by atoms with E-state index in [1.807, 2.05) is 0 Å². The molecule has 1 rings (SSSR count). The van der Waals surface area contributed by atoms with Gasteiger partial charge in [-0.1, -0.05) is 11.6 Å². The Kier molecular flexibility index (Phi) is 2.57. The molecule has 1 amide bonds. The summed E-state index contributed by atoms with van der Waals surface area (Å²) in [6.45, 7) is 3.46. The monoisotopic (exact) mass is 198 g/mol. The van der Waals surface area contributed by atoms with Gasteiger partial charge in [0, 0.05) is 6.20 Å². The summed E-state index contributed by atoms with van der Waals surface area (Å²) in [4.78, 5) is 15.1. The van der Waals surface area contributed by atoms with Crippen LogP contribution in [-0.4, -0.2) is 10.9 Å². The van der Waals surface area contributed by atoms with E-state index >= 15 is 0 Å². The number of primary amides is 1. The molecule has 1 heterocycles. The third kappa shape index (κ3) is 1.98. The first kappa shape index (κ1) is 9.99. The summed E-state index contributed by atoms with van der Waals surface area (Å²) in [6.07, 6.45) is 1.50. The zero-order valence-corrected chi connectivity index (χ0v) is 8.30. The number of aromatic nitrogens is 1. The van der Waals surface area contributed by atoms with E-state index in [4.69, 9.17) is 17.3 Å². The average molecular weight is 199 g/mol. The van der Waals surface area contributed by atoms with Gasteiger partial charge in [-0.2, -0.15) is 0 Å². The zero-order valence-electron chi connectivity index (χ0n) is 7.54. The molecule has 1 aromatic rings. The lowest BCUT2D eigenvalue weighted by Crippen LogP contribution is -2.36. The highest BCUT2D eigenvalue weighted by Gasteiger charge is 2.28. The highest BCUT2D eigenvalue weighted by atomic mass is 35.5. The van der Waals surface area contributed by atoms with Crippen molar-refractivity contribution in [3.05, 3.63) is 29.0 Å². The van der Waals surface area contributed by atoms with E-state index in [2.05, 4.69) is 4.98 Å². The van der Waals surface area contributed by atoms with Gasteiger partial charge >= 0.3 is 0 Å². The van der Waals surface area contributed by atoms with E-state index in [0.717, 1.165) is 0 Å². The normalized spacial score (nSPS) is 11.3. The van der Waals surface area contributed by atoms with E-state index in [1.165, 1.54) is 6.20 Å². The van der Waals surface area contributed by atoms with Crippen molar-refractivity contribution in [2.45, 2.75) is 19.3 Å². The molecule has 0 bridgehead atoms. The van der Waals surface area contributed by atoms with Gasteiger partial charge in [0.25, 0.3) is 0 Å². The highest BCUT2D eigenvalue weighted by Crippen LogP contribution is 2.21. The molecule has 1 aromatic heterocycles. The summed E-state index contributed by atoms with van der Waals surface area (Å²) in [5.41, 5.74) is 5.11. The number of halogens is 1. The van der Waals surface area contributed by atoms with Crippen molar-refractivity contribution in [1.29, 1.82) is 0 Å². The summed E-state index contributed by atoms with van der Waals surface area (Å²) < 4.78 is 0. The van der Waals surface area contributed by atoms with Crippen molar-refractivity contribution >= 4 is 17.5 Å². The van der Waals surface area contributed by atoms with Crippen LogP contribution in [0.4, 0.5) is 0 Å². The number of hydrogen-bond acceptors (Lipinski definition) is 2. The van der Waals surface area contributed by atoms with Gasteiger partial charge < -0.3 is 5.73 Å². The number of nitrogens with zero attached hydrogens (tertiary/aromatic N) is 1. The van der Waals surface area contributed by atoms with Crippen LogP contribution in [0, 0.1) is 0 Å². The van der Waals surface area contributed by atoms with Crippen LogP contribution < -0.4 is 5.73 Å². The minimum atomic E-state index is -0.745. The van der Waals surface area contributed by atoms with Crippen LogP contribution >= 0.6 is 11.6 Å². The molecule has 0 aliphatic carbocycles. The molecule has 0 unspecified atom stereocenters. The second-order valence-electron chi connectivity index (χ2n) is 3.35. The molecule has 0 saturated heterocycles. The van der Waals surface area contributed by atoms with Crippen LogP contribution in [-0.2, 0) is 10.2 Å². The van der Waals surface area contributed by atoms with Crippen LogP contribution in [0.5, 0.6) is 0 Å². The molecule has 13 heavy (non-hydrogen) atoms. The van der Waals surface area contributed by atoms with Gasteiger partial charge in [-0.05, 0) is 26.0 Å². The second-order valence-corrected chi connectivity index (χ2v) is 3.79. The number of carbonyl (C=O) groups is 1. The highest BCUT2D eigenvalue weighted by molar-refractivity contribution is 6.30. The van der Waals surface area contributed by atoms with Crippen LogP contribution in [0.15, 0.2) is 18.3 Å². The van der Waals surface area contributed by atoms with E-state index < -0.39 is 11.3 Å². The Hall–Kier alpha value is -1.09. The molecule has 0 radical (unpaired) electrons. The lowest BCUT2D eigenvalue weighted by atomic mass is 9.88. The molecule has 0 fully saturated rings. The SMILES string of the molecule is CC(C)(C(N)=O)c1ccc(Cl)cn1. The molecule has 3 nitrogen and oxygen atoms in total. The van der Waals surface area contributed by atoms with Crippen molar-refractivity contribution < 1.29 is 4.79 Å². The van der Waals surface area contributed by atoms with Gasteiger partial charge in [0.1, 0.15) is 0 Å². The maximum Gasteiger partial charge on any atom is 0.229 e. The number of nitrogens with two attached hydrogens (primary N) is 1. The number of rotatable bonds is 2. The van der Waals surface area contributed by atoms with E-state index in [9.17, 15) is 4.79 Å². The fraction of sp³-hybridized carbons (Fsp3) is 0.333. The topological polar surface area (TPSA) is 56.0 Å². The molecule has 4 heteroatoms. The number of carbonyl (C=O) groups excluding carboxylic acids is 1. The third-order valence-electron chi connectivity index (χ3n) is 1.98. The van der Waals surface area contributed by atoms with E-state index in [1.54, 1.807) is 26.0 Å². The first-order valence-electron chi connectivity index (χ1n) is 3.86. The summed E-state index contributed by atoms with van der Waals surface area (Å²) in [6, 6.07) is 3.39. The molecule has 2 N–H and O–H groups in total. The molecule has 0 aromatic carbocycles. The predicted octanol–water partition coefficient (Wildman–Crippen LogP) is 1.50. The van der Waals surface area contributed by atoms with Crippen LogP contribution in [0.25, 0.3) is 0 Å². The molecule has 0 aliphatic heterocycles. The minimum Gasteiger partial charge on any atom is -0.369 e. The predicted molar refractivity (Wildman–Crippen MR) is 51.5 cm³/mol. The molecule has 0 saturated carbocycles. The Balaban J connectivity index is 3.08. The van der Waals surface area contributed by atoms with Gasteiger partial charge in [0.05, 0.1) is 16.1 Å².